The number of benzene rings is 1. The molecule has 0 unspecified atom stereocenters. The lowest BCUT2D eigenvalue weighted by molar-refractivity contribution is -0.133. The van der Waals surface area contributed by atoms with Gasteiger partial charge in [-0.1, -0.05) is 23.8 Å². The maximum absolute atomic E-state index is 12.3. The Morgan fingerprint density at radius 2 is 2.15 bits per heavy atom. The summed E-state index contributed by atoms with van der Waals surface area (Å²) in [6.45, 7) is 7.64. The molecule has 5 nitrogen and oxygen atoms in total. The summed E-state index contributed by atoms with van der Waals surface area (Å²) in [6.07, 6.45) is 3.86. The Labute approximate surface area is 161 Å². The Hall–Kier alpha value is -2.40. The number of ether oxygens (including phenoxy) is 1. The minimum atomic E-state index is -0.362. The number of likely N-dealkylation sites (tertiary alicyclic amines) is 1. The van der Waals surface area contributed by atoms with E-state index in [1.807, 2.05) is 23.2 Å². The second-order valence-corrected chi connectivity index (χ2v) is 7.91. The Kier molecular flexibility index (Phi) is 4.87. The Morgan fingerprint density at radius 3 is 2.93 bits per heavy atom. The number of hydrogen-bond donors (Lipinski definition) is 0. The lowest BCUT2D eigenvalue weighted by atomic mass is 9.91. The third-order valence-electron chi connectivity index (χ3n) is 5.56. The minimum absolute atomic E-state index is 0.106. The topological polar surface area (TPSA) is 45.7 Å². The molecule has 0 radical (unpaired) electrons. The molecule has 27 heavy (non-hydrogen) atoms. The van der Waals surface area contributed by atoms with E-state index in [2.05, 4.69) is 41.1 Å². The molecule has 2 aliphatic heterocycles. The largest absolute Gasteiger partial charge is 0.484 e. The number of carbonyl (C=O) groups is 1. The zero-order chi connectivity index (χ0) is 18.9. The van der Waals surface area contributed by atoms with Gasteiger partial charge in [-0.25, -0.2) is 0 Å². The predicted octanol–water partition coefficient (Wildman–Crippen LogP) is 3.17. The zero-order valence-corrected chi connectivity index (χ0v) is 16.1. The summed E-state index contributed by atoms with van der Waals surface area (Å²) in [6, 6.07) is 12.3. The van der Waals surface area contributed by atoms with Crippen molar-refractivity contribution in [3.05, 3.63) is 59.4 Å². The van der Waals surface area contributed by atoms with Gasteiger partial charge in [-0.15, -0.1) is 0 Å². The van der Waals surface area contributed by atoms with Gasteiger partial charge in [0.2, 0.25) is 5.91 Å². The molecule has 1 fully saturated rings. The second kappa shape index (κ2) is 7.31. The van der Waals surface area contributed by atoms with Gasteiger partial charge in [-0.2, -0.15) is 0 Å². The van der Waals surface area contributed by atoms with Crippen LogP contribution in [0.25, 0.3) is 0 Å². The van der Waals surface area contributed by atoms with Crippen LogP contribution in [0.4, 0.5) is 0 Å². The minimum Gasteiger partial charge on any atom is -0.484 e. The summed E-state index contributed by atoms with van der Waals surface area (Å²) in [5, 5.41) is 0. The van der Waals surface area contributed by atoms with Crippen LogP contribution in [0.3, 0.4) is 0 Å². The molecule has 2 aliphatic rings. The molecule has 1 atom stereocenters. The summed E-state index contributed by atoms with van der Waals surface area (Å²) in [4.78, 5) is 21.1. The first-order valence-corrected chi connectivity index (χ1v) is 9.69. The summed E-state index contributed by atoms with van der Waals surface area (Å²) in [5.74, 6) is 1.03. The summed E-state index contributed by atoms with van der Waals surface area (Å²) in [5.41, 5.74) is 3.00. The van der Waals surface area contributed by atoms with Gasteiger partial charge in [-0.05, 0) is 44.5 Å². The molecule has 0 aliphatic carbocycles. The van der Waals surface area contributed by atoms with Gasteiger partial charge in [-0.3, -0.25) is 14.7 Å². The van der Waals surface area contributed by atoms with Crippen molar-refractivity contribution in [2.24, 2.45) is 0 Å². The predicted molar refractivity (Wildman–Crippen MR) is 104 cm³/mol. The fourth-order valence-electron chi connectivity index (χ4n) is 4.29. The molecule has 1 saturated heterocycles. The van der Waals surface area contributed by atoms with Crippen molar-refractivity contribution in [3.63, 3.8) is 0 Å². The normalized spacial score (nSPS) is 22.8. The number of fused-ring (bicyclic) bond motifs is 1. The highest BCUT2D eigenvalue weighted by Gasteiger charge is 2.42. The van der Waals surface area contributed by atoms with Crippen LogP contribution < -0.4 is 4.74 Å². The first kappa shape index (κ1) is 18.0. The molecular formula is C22H27N3O2. The molecule has 142 valence electrons. The molecule has 0 bridgehead atoms. The summed E-state index contributed by atoms with van der Waals surface area (Å²) < 4.78 is 6.63. The van der Waals surface area contributed by atoms with Crippen molar-refractivity contribution < 1.29 is 9.53 Å². The van der Waals surface area contributed by atoms with E-state index < -0.39 is 0 Å². The van der Waals surface area contributed by atoms with E-state index in [4.69, 9.17) is 4.74 Å². The number of nitrogens with zero attached hydrogens (tertiary/aromatic N) is 3. The van der Waals surface area contributed by atoms with Crippen molar-refractivity contribution in [1.29, 1.82) is 0 Å². The van der Waals surface area contributed by atoms with Crippen LogP contribution in [0, 0.1) is 6.92 Å². The van der Waals surface area contributed by atoms with Crippen molar-refractivity contribution in [1.82, 2.24) is 14.8 Å². The SMILES string of the molecule is CC(=O)N1Cc2cc(C)ccc2O[C@]2(CCCN(Cc3ccccn3)C2)C1. The highest BCUT2D eigenvalue weighted by molar-refractivity contribution is 5.73. The standard InChI is InChI=1S/C22H27N3O2/c1-17-7-8-21-19(12-17)13-25(18(2)26)16-22(27-21)9-5-11-24(15-22)14-20-6-3-4-10-23-20/h3-4,6-8,10,12H,5,9,11,13-16H2,1-2H3/t22-/m0/s1. The van der Waals surface area contributed by atoms with E-state index in [9.17, 15) is 4.79 Å². The van der Waals surface area contributed by atoms with Gasteiger partial charge in [0.1, 0.15) is 11.4 Å². The Morgan fingerprint density at radius 1 is 1.26 bits per heavy atom. The third kappa shape index (κ3) is 3.98. The van der Waals surface area contributed by atoms with Crippen LogP contribution in [0.5, 0.6) is 5.75 Å². The molecule has 3 heterocycles. The number of aryl methyl sites for hydroxylation is 1. The number of pyridine rings is 1. The van der Waals surface area contributed by atoms with E-state index in [0.29, 0.717) is 13.1 Å². The van der Waals surface area contributed by atoms with Crippen molar-refractivity contribution >= 4 is 5.91 Å². The van der Waals surface area contributed by atoms with Crippen molar-refractivity contribution in [2.45, 2.75) is 45.4 Å². The van der Waals surface area contributed by atoms with Crippen molar-refractivity contribution in [2.75, 3.05) is 19.6 Å². The molecule has 0 saturated carbocycles. The van der Waals surface area contributed by atoms with Crippen LogP contribution in [-0.4, -0.2) is 45.9 Å². The molecule has 1 amide bonds. The van der Waals surface area contributed by atoms with Crippen LogP contribution in [0.2, 0.25) is 0 Å². The number of piperidine rings is 1. The van der Waals surface area contributed by atoms with Gasteiger partial charge in [0.25, 0.3) is 0 Å². The number of carbonyl (C=O) groups excluding carboxylic acids is 1. The van der Waals surface area contributed by atoms with Gasteiger partial charge < -0.3 is 9.64 Å². The fourth-order valence-corrected chi connectivity index (χ4v) is 4.29. The first-order chi connectivity index (χ1) is 13.0. The number of aromatic nitrogens is 1. The lowest BCUT2D eigenvalue weighted by Gasteiger charge is -2.43. The zero-order valence-electron chi connectivity index (χ0n) is 16.1. The third-order valence-corrected chi connectivity index (χ3v) is 5.56. The number of rotatable bonds is 2. The van der Waals surface area contributed by atoms with E-state index in [1.165, 1.54) is 5.56 Å². The highest BCUT2D eigenvalue weighted by atomic mass is 16.5. The average molecular weight is 365 g/mol. The van der Waals surface area contributed by atoms with Crippen LogP contribution in [-0.2, 0) is 17.9 Å². The van der Waals surface area contributed by atoms with Crippen LogP contribution >= 0.6 is 0 Å². The Bertz CT molecular complexity index is 824. The fraction of sp³-hybridized carbons (Fsp3) is 0.455. The van der Waals surface area contributed by atoms with Crippen molar-refractivity contribution in [3.8, 4) is 5.75 Å². The van der Waals surface area contributed by atoms with Gasteiger partial charge in [0.15, 0.2) is 0 Å². The van der Waals surface area contributed by atoms with Gasteiger partial charge in [0.05, 0.1) is 12.2 Å². The Balaban J connectivity index is 1.61. The van der Waals surface area contributed by atoms with E-state index in [0.717, 1.165) is 49.5 Å². The molecule has 1 aromatic carbocycles. The highest BCUT2D eigenvalue weighted by Crippen LogP contribution is 2.35. The molecular weight excluding hydrogens is 338 g/mol. The van der Waals surface area contributed by atoms with Gasteiger partial charge in [0, 0.05) is 38.3 Å². The molecule has 4 rings (SSSR count). The van der Waals surface area contributed by atoms with E-state index in [1.54, 1.807) is 6.92 Å². The molecule has 2 aromatic rings. The maximum Gasteiger partial charge on any atom is 0.219 e. The van der Waals surface area contributed by atoms with Crippen LogP contribution in [0.1, 0.15) is 36.6 Å². The summed E-state index contributed by atoms with van der Waals surface area (Å²) in [7, 11) is 0. The first-order valence-electron chi connectivity index (χ1n) is 9.69. The smallest absolute Gasteiger partial charge is 0.219 e. The number of hydrogen-bond acceptors (Lipinski definition) is 4. The second-order valence-electron chi connectivity index (χ2n) is 7.91. The molecule has 0 N–H and O–H groups in total. The lowest BCUT2D eigenvalue weighted by Crippen LogP contribution is -2.57. The molecule has 1 spiro atoms. The number of amides is 1. The van der Waals surface area contributed by atoms with Crippen LogP contribution in [0.15, 0.2) is 42.6 Å². The van der Waals surface area contributed by atoms with Gasteiger partial charge >= 0.3 is 0 Å². The van der Waals surface area contributed by atoms with E-state index >= 15 is 0 Å². The molecule has 5 heteroatoms. The van der Waals surface area contributed by atoms with E-state index in [-0.39, 0.29) is 11.5 Å². The monoisotopic (exact) mass is 365 g/mol. The average Bonchev–Trinajstić information content (AvgIpc) is 2.79. The quantitative estimate of drug-likeness (QED) is 0.820. The maximum atomic E-state index is 12.3. The summed E-state index contributed by atoms with van der Waals surface area (Å²) >= 11 is 0. The molecule has 1 aromatic heterocycles.